The molecule has 4 aromatic rings. The van der Waals surface area contributed by atoms with Crippen LogP contribution in [-0.2, 0) is 7.05 Å². The molecule has 0 aliphatic rings. The highest BCUT2D eigenvalue weighted by molar-refractivity contribution is 7.99. The van der Waals surface area contributed by atoms with Crippen LogP contribution in [0.5, 0.6) is 5.75 Å². The van der Waals surface area contributed by atoms with Crippen molar-refractivity contribution in [3.05, 3.63) is 66.7 Å². The maximum Gasteiger partial charge on any atom is 0.144 e. The second-order valence-corrected chi connectivity index (χ2v) is 6.67. The fourth-order valence-corrected chi connectivity index (χ4v) is 3.65. The maximum absolute atomic E-state index is 13.4. The summed E-state index contributed by atoms with van der Waals surface area (Å²) < 4.78 is 15.4. The number of aryl methyl sites for hydroxylation is 1. The molecule has 0 aliphatic heterocycles. The Labute approximate surface area is 148 Å². The van der Waals surface area contributed by atoms with Crippen LogP contribution in [0.25, 0.3) is 22.3 Å². The largest absolute Gasteiger partial charge is 0.508 e. The zero-order valence-corrected chi connectivity index (χ0v) is 14.2. The van der Waals surface area contributed by atoms with E-state index in [4.69, 9.17) is 0 Å². The monoisotopic (exact) mass is 351 g/mol. The van der Waals surface area contributed by atoms with E-state index in [1.165, 1.54) is 30.2 Å². The number of aromatic hydroxyl groups is 1. The molecule has 0 fully saturated rings. The molecule has 2 aromatic heterocycles. The number of phenolic OH excluding ortho intramolecular Hbond substituents is 1. The van der Waals surface area contributed by atoms with Gasteiger partial charge in [-0.05, 0) is 54.1 Å². The molecule has 0 saturated heterocycles. The Kier molecular flexibility index (Phi) is 3.89. The van der Waals surface area contributed by atoms with Gasteiger partial charge in [-0.25, -0.2) is 14.4 Å². The van der Waals surface area contributed by atoms with Gasteiger partial charge in [0.2, 0.25) is 0 Å². The predicted molar refractivity (Wildman–Crippen MR) is 96.1 cm³/mol. The Morgan fingerprint density at radius 2 is 1.84 bits per heavy atom. The third-order valence-electron chi connectivity index (χ3n) is 3.96. The first-order valence-electron chi connectivity index (χ1n) is 7.65. The Balaban J connectivity index is 1.82. The van der Waals surface area contributed by atoms with Gasteiger partial charge in [-0.3, -0.25) is 0 Å². The average molecular weight is 351 g/mol. The van der Waals surface area contributed by atoms with Gasteiger partial charge in [0.15, 0.2) is 0 Å². The summed E-state index contributed by atoms with van der Waals surface area (Å²) in [6, 6.07) is 15.5. The van der Waals surface area contributed by atoms with Gasteiger partial charge in [-0.1, -0.05) is 17.8 Å². The first-order valence-corrected chi connectivity index (χ1v) is 8.47. The van der Waals surface area contributed by atoms with E-state index < -0.39 is 0 Å². The van der Waals surface area contributed by atoms with E-state index in [9.17, 15) is 9.50 Å². The molecule has 4 rings (SSSR count). The van der Waals surface area contributed by atoms with E-state index in [0.717, 1.165) is 32.2 Å². The second kappa shape index (κ2) is 6.22. The molecule has 2 heterocycles. The number of benzene rings is 2. The Morgan fingerprint density at radius 1 is 1.04 bits per heavy atom. The summed E-state index contributed by atoms with van der Waals surface area (Å²) in [5.74, 6) is -0.0437. The lowest BCUT2D eigenvalue weighted by Crippen LogP contribution is -1.93. The molecule has 2 aromatic carbocycles. The van der Waals surface area contributed by atoms with Gasteiger partial charge in [0, 0.05) is 11.9 Å². The van der Waals surface area contributed by atoms with Gasteiger partial charge in [0.25, 0.3) is 0 Å². The molecular formula is C19H14FN3OS. The number of halogens is 1. The van der Waals surface area contributed by atoms with E-state index in [0.29, 0.717) is 0 Å². The topological polar surface area (TPSA) is 50.9 Å². The third kappa shape index (κ3) is 2.96. The van der Waals surface area contributed by atoms with Crippen LogP contribution < -0.4 is 0 Å². The summed E-state index contributed by atoms with van der Waals surface area (Å²) in [6.45, 7) is 0. The highest BCUT2D eigenvalue weighted by atomic mass is 32.2. The van der Waals surface area contributed by atoms with Crippen molar-refractivity contribution in [3.63, 3.8) is 0 Å². The van der Waals surface area contributed by atoms with Crippen molar-refractivity contribution >= 4 is 22.8 Å². The quantitative estimate of drug-likeness (QED) is 0.547. The molecule has 0 spiro atoms. The van der Waals surface area contributed by atoms with Gasteiger partial charge in [0.05, 0.1) is 11.1 Å². The number of hydrogen-bond donors (Lipinski definition) is 1. The van der Waals surface area contributed by atoms with Crippen molar-refractivity contribution in [3.8, 4) is 17.0 Å². The van der Waals surface area contributed by atoms with E-state index >= 15 is 0 Å². The van der Waals surface area contributed by atoms with Crippen molar-refractivity contribution in [2.24, 2.45) is 7.05 Å². The first kappa shape index (κ1) is 15.7. The Bertz CT molecular complexity index is 1060. The van der Waals surface area contributed by atoms with Gasteiger partial charge in [-0.2, -0.15) is 0 Å². The average Bonchev–Trinajstić information content (AvgIpc) is 2.94. The summed E-state index contributed by atoms with van der Waals surface area (Å²) in [5.41, 5.74) is 2.74. The van der Waals surface area contributed by atoms with Gasteiger partial charge >= 0.3 is 0 Å². The molecule has 0 radical (unpaired) electrons. The van der Waals surface area contributed by atoms with Crippen molar-refractivity contribution < 1.29 is 9.50 Å². The smallest absolute Gasteiger partial charge is 0.144 e. The number of nitrogens with zero attached hydrogens (tertiary/aromatic N) is 3. The molecule has 25 heavy (non-hydrogen) atoms. The minimum Gasteiger partial charge on any atom is -0.508 e. The molecule has 6 heteroatoms. The molecule has 0 bridgehead atoms. The van der Waals surface area contributed by atoms with Crippen LogP contribution in [0, 0.1) is 5.82 Å². The molecule has 0 amide bonds. The van der Waals surface area contributed by atoms with Crippen LogP contribution in [0.2, 0.25) is 0 Å². The summed E-state index contributed by atoms with van der Waals surface area (Å²) in [6.07, 6.45) is 1.52. The highest BCUT2D eigenvalue weighted by Gasteiger charge is 2.14. The van der Waals surface area contributed by atoms with Crippen molar-refractivity contribution in [1.82, 2.24) is 14.5 Å². The lowest BCUT2D eigenvalue weighted by molar-refractivity contribution is 0.475. The zero-order valence-electron chi connectivity index (χ0n) is 13.3. The fraction of sp³-hybridized carbons (Fsp3) is 0.0526. The molecule has 0 aliphatic carbocycles. The number of phenols is 1. The van der Waals surface area contributed by atoms with Crippen molar-refractivity contribution in [2.75, 3.05) is 0 Å². The molecular weight excluding hydrogens is 337 g/mol. The highest BCUT2D eigenvalue weighted by Crippen LogP contribution is 2.35. The number of rotatable bonds is 3. The fourth-order valence-electron chi connectivity index (χ4n) is 2.74. The summed E-state index contributed by atoms with van der Waals surface area (Å²) >= 11 is 1.41. The number of aromatic nitrogens is 3. The van der Waals surface area contributed by atoms with E-state index in [2.05, 4.69) is 9.97 Å². The summed E-state index contributed by atoms with van der Waals surface area (Å²) in [7, 11) is 1.94. The molecule has 0 unspecified atom stereocenters. The van der Waals surface area contributed by atoms with Gasteiger partial charge in [-0.15, -0.1) is 0 Å². The molecule has 1 N–H and O–H groups in total. The predicted octanol–water partition coefficient (Wildman–Crippen LogP) is 4.63. The summed E-state index contributed by atoms with van der Waals surface area (Å²) in [4.78, 5) is 9.54. The maximum atomic E-state index is 13.4. The van der Waals surface area contributed by atoms with Gasteiger partial charge in [0.1, 0.15) is 28.6 Å². The second-order valence-electron chi connectivity index (χ2n) is 5.61. The van der Waals surface area contributed by atoms with Crippen LogP contribution in [-0.4, -0.2) is 19.6 Å². The minimum absolute atomic E-state index is 0.227. The van der Waals surface area contributed by atoms with Crippen molar-refractivity contribution in [1.29, 1.82) is 0 Å². The normalized spacial score (nSPS) is 11.1. The lowest BCUT2D eigenvalue weighted by Gasteiger charge is -2.04. The van der Waals surface area contributed by atoms with E-state index in [1.54, 1.807) is 18.2 Å². The third-order valence-corrected chi connectivity index (χ3v) is 4.97. The molecule has 124 valence electrons. The molecule has 0 atom stereocenters. The van der Waals surface area contributed by atoms with Crippen LogP contribution in [0.1, 0.15) is 0 Å². The Hall–Kier alpha value is -2.86. The van der Waals surface area contributed by atoms with Crippen LogP contribution in [0.15, 0.2) is 70.8 Å². The molecule has 0 saturated carbocycles. The minimum atomic E-state index is -0.270. The number of fused-ring (bicyclic) bond motifs is 1. The molecule has 4 nitrogen and oxygen atoms in total. The summed E-state index contributed by atoms with van der Waals surface area (Å²) in [5, 5.41) is 11.2. The van der Waals surface area contributed by atoms with Crippen LogP contribution in [0.4, 0.5) is 4.39 Å². The van der Waals surface area contributed by atoms with E-state index in [-0.39, 0.29) is 11.6 Å². The van der Waals surface area contributed by atoms with Crippen LogP contribution in [0.3, 0.4) is 0 Å². The Morgan fingerprint density at radius 3 is 2.60 bits per heavy atom. The zero-order chi connectivity index (χ0) is 17.4. The van der Waals surface area contributed by atoms with E-state index in [1.807, 2.05) is 35.9 Å². The number of hydrogen-bond acceptors (Lipinski definition) is 4. The standard InChI is InChI=1S/C19H14FN3OS/c1-23-17(12-5-7-14(24)8-6-12)10-16-18(23)21-11-22-19(16)25-15-4-2-3-13(20)9-15/h2-11,24H,1H3. The van der Waals surface area contributed by atoms with Crippen molar-refractivity contribution in [2.45, 2.75) is 9.92 Å². The van der Waals surface area contributed by atoms with Gasteiger partial charge < -0.3 is 9.67 Å². The SMILES string of the molecule is Cn1c(-c2ccc(O)cc2)cc2c(Sc3cccc(F)c3)ncnc21. The van der Waals surface area contributed by atoms with Crippen LogP contribution >= 0.6 is 11.8 Å². The first-order chi connectivity index (χ1) is 12.1. The lowest BCUT2D eigenvalue weighted by atomic mass is 10.1.